The molecule has 25 heavy (non-hydrogen) atoms. The fraction of sp³-hybridized carbons (Fsp3) is 0.300. The van der Waals surface area contributed by atoms with Crippen LogP contribution in [0.3, 0.4) is 0 Å². The van der Waals surface area contributed by atoms with E-state index in [2.05, 4.69) is 5.32 Å². The number of nitrogens with one attached hydrogen (secondary N) is 1. The van der Waals surface area contributed by atoms with Gasteiger partial charge in [0.05, 0.1) is 5.92 Å². The van der Waals surface area contributed by atoms with Gasteiger partial charge in [-0.3, -0.25) is 4.79 Å². The monoisotopic (exact) mass is 336 g/mol. The number of allylic oxidation sites excluding steroid dienone is 2. The molecule has 128 valence electrons. The van der Waals surface area contributed by atoms with E-state index >= 15 is 0 Å². The predicted octanol–water partition coefficient (Wildman–Crippen LogP) is 2.38. The first-order valence-corrected chi connectivity index (χ1v) is 8.40. The van der Waals surface area contributed by atoms with Crippen molar-refractivity contribution >= 4 is 17.6 Å². The second-order valence-electron chi connectivity index (χ2n) is 6.80. The standard InChI is InChI=1S/C20H19NO4/c1-11-5-8-16(25-11)12-3-2-4-15(10-12)21-19(22)17-13-6-7-14(9-13)18(17)20(23)24/h2-8,10,13-14,17-18H,9H2,1H3,(H,21,22)(H,23,24)/p-1/t13-,14-,17+,18+/m1/s1. The van der Waals surface area contributed by atoms with Gasteiger partial charge in [0.25, 0.3) is 0 Å². The lowest BCUT2D eigenvalue weighted by Gasteiger charge is -2.27. The molecule has 0 unspecified atom stereocenters. The molecule has 2 aliphatic carbocycles. The van der Waals surface area contributed by atoms with Crippen LogP contribution in [0.15, 0.2) is 53.0 Å². The highest BCUT2D eigenvalue weighted by atomic mass is 16.4. The zero-order valence-corrected chi connectivity index (χ0v) is 13.8. The Morgan fingerprint density at radius 1 is 1.12 bits per heavy atom. The zero-order valence-electron chi connectivity index (χ0n) is 13.8. The number of furan rings is 1. The summed E-state index contributed by atoms with van der Waals surface area (Å²) in [6, 6.07) is 11.1. The lowest BCUT2D eigenvalue weighted by atomic mass is 9.82. The van der Waals surface area contributed by atoms with Crippen molar-refractivity contribution < 1.29 is 19.1 Å². The lowest BCUT2D eigenvalue weighted by molar-refractivity contribution is -0.313. The number of carboxylic acid groups (broad SMARTS) is 1. The van der Waals surface area contributed by atoms with Crippen LogP contribution >= 0.6 is 0 Å². The smallest absolute Gasteiger partial charge is 0.228 e. The van der Waals surface area contributed by atoms with Gasteiger partial charge in [-0.25, -0.2) is 0 Å². The first-order chi connectivity index (χ1) is 12.0. The number of rotatable bonds is 4. The van der Waals surface area contributed by atoms with Crippen LogP contribution < -0.4 is 10.4 Å². The van der Waals surface area contributed by atoms with E-state index in [-0.39, 0.29) is 17.7 Å². The van der Waals surface area contributed by atoms with Crippen LogP contribution in [0.25, 0.3) is 11.3 Å². The Morgan fingerprint density at radius 2 is 1.88 bits per heavy atom. The van der Waals surface area contributed by atoms with E-state index in [1.807, 2.05) is 49.4 Å². The molecule has 2 bridgehead atoms. The summed E-state index contributed by atoms with van der Waals surface area (Å²) in [7, 11) is 0. The van der Waals surface area contributed by atoms with Crippen molar-refractivity contribution in [3.05, 3.63) is 54.3 Å². The number of fused-ring (bicyclic) bond motifs is 2. The molecule has 2 aliphatic rings. The summed E-state index contributed by atoms with van der Waals surface area (Å²) < 4.78 is 5.61. The number of carbonyl (C=O) groups is 2. The summed E-state index contributed by atoms with van der Waals surface area (Å²) in [4.78, 5) is 24.2. The van der Waals surface area contributed by atoms with Crippen molar-refractivity contribution in [1.29, 1.82) is 0 Å². The van der Waals surface area contributed by atoms with Crippen molar-refractivity contribution in [2.45, 2.75) is 13.3 Å². The fourth-order valence-electron chi connectivity index (χ4n) is 4.07. The third-order valence-electron chi connectivity index (χ3n) is 5.19. The third kappa shape index (κ3) is 2.76. The van der Waals surface area contributed by atoms with E-state index in [9.17, 15) is 14.7 Å². The molecule has 0 saturated heterocycles. The molecule has 4 atom stereocenters. The SMILES string of the molecule is Cc1ccc(-c2cccc(NC(=O)[C@@H]3[C@@H](C(=O)[O-])[C@@H]4C=C[C@@H]3C4)c2)o1. The molecule has 1 saturated carbocycles. The Hall–Kier alpha value is -2.82. The second-order valence-corrected chi connectivity index (χ2v) is 6.80. The predicted molar refractivity (Wildman–Crippen MR) is 90.2 cm³/mol. The van der Waals surface area contributed by atoms with Gasteiger partial charge in [0.1, 0.15) is 11.5 Å². The topological polar surface area (TPSA) is 82.4 Å². The van der Waals surface area contributed by atoms with Gasteiger partial charge in [0, 0.05) is 23.1 Å². The van der Waals surface area contributed by atoms with Crippen LogP contribution in [-0.2, 0) is 9.59 Å². The molecule has 4 rings (SSSR count). The maximum atomic E-state index is 12.7. The maximum Gasteiger partial charge on any atom is 0.228 e. The van der Waals surface area contributed by atoms with Gasteiger partial charge in [-0.1, -0.05) is 24.3 Å². The number of benzene rings is 1. The molecule has 1 heterocycles. The molecule has 1 aromatic heterocycles. The van der Waals surface area contributed by atoms with E-state index in [4.69, 9.17) is 4.42 Å². The third-order valence-corrected chi connectivity index (χ3v) is 5.19. The average Bonchev–Trinajstić information content (AvgIpc) is 3.30. The van der Waals surface area contributed by atoms with Crippen LogP contribution in [0, 0.1) is 30.6 Å². The molecule has 5 nitrogen and oxygen atoms in total. The van der Waals surface area contributed by atoms with Crippen molar-refractivity contribution in [3.8, 4) is 11.3 Å². The summed E-state index contributed by atoms with van der Waals surface area (Å²) in [6.07, 6.45) is 4.56. The summed E-state index contributed by atoms with van der Waals surface area (Å²) in [6.45, 7) is 1.87. The Labute approximate surface area is 145 Å². The van der Waals surface area contributed by atoms with Gasteiger partial charge in [0.2, 0.25) is 5.91 Å². The van der Waals surface area contributed by atoms with Crippen molar-refractivity contribution in [2.24, 2.45) is 23.7 Å². The minimum atomic E-state index is -1.14. The van der Waals surface area contributed by atoms with E-state index in [1.54, 1.807) is 6.07 Å². The van der Waals surface area contributed by atoms with Crippen LogP contribution in [0.1, 0.15) is 12.2 Å². The number of aliphatic carboxylic acids is 1. The second kappa shape index (κ2) is 5.92. The van der Waals surface area contributed by atoms with Gasteiger partial charge in [-0.05, 0) is 49.4 Å². The summed E-state index contributed by atoms with van der Waals surface area (Å²) in [5.41, 5.74) is 1.48. The number of anilines is 1. The highest BCUT2D eigenvalue weighted by Gasteiger charge is 2.48. The largest absolute Gasteiger partial charge is 0.550 e. The maximum absolute atomic E-state index is 12.7. The van der Waals surface area contributed by atoms with Gasteiger partial charge >= 0.3 is 0 Å². The molecule has 1 amide bonds. The molecule has 1 aromatic carbocycles. The number of carbonyl (C=O) groups excluding carboxylic acids is 2. The Morgan fingerprint density at radius 3 is 2.56 bits per heavy atom. The van der Waals surface area contributed by atoms with Crippen LogP contribution in [0.5, 0.6) is 0 Å². The molecular weight excluding hydrogens is 318 g/mol. The first-order valence-electron chi connectivity index (χ1n) is 8.40. The summed E-state index contributed by atoms with van der Waals surface area (Å²) in [5.74, 6) is -1.30. The molecular formula is C20H18NO4-. The minimum absolute atomic E-state index is 0.0243. The number of carboxylic acids is 1. The number of aryl methyl sites for hydroxylation is 1. The number of amides is 1. The Balaban J connectivity index is 1.55. The first kappa shape index (κ1) is 15.7. The highest BCUT2D eigenvalue weighted by molar-refractivity contribution is 5.96. The Bertz CT molecular complexity index is 866. The van der Waals surface area contributed by atoms with Crippen LogP contribution in [0.4, 0.5) is 5.69 Å². The lowest BCUT2D eigenvalue weighted by Crippen LogP contribution is -2.42. The van der Waals surface area contributed by atoms with E-state index < -0.39 is 17.8 Å². The van der Waals surface area contributed by atoms with Crippen molar-refractivity contribution in [1.82, 2.24) is 0 Å². The van der Waals surface area contributed by atoms with Crippen LogP contribution in [0.2, 0.25) is 0 Å². The average molecular weight is 336 g/mol. The Kier molecular flexibility index (Phi) is 3.71. The van der Waals surface area contributed by atoms with Gasteiger partial charge < -0.3 is 19.6 Å². The molecule has 0 spiro atoms. The fourth-order valence-corrected chi connectivity index (χ4v) is 4.07. The quantitative estimate of drug-likeness (QED) is 0.869. The number of hydrogen-bond acceptors (Lipinski definition) is 4. The molecule has 1 N–H and O–H groups in total. The molecule has 2 aromatic rings. The summed E-state index contributed by atoms with van der Waals surface area (Å²) >= 11 is 0. The molecule has 0 radical (unpaired) electrons. The van der Waals surface area contributed by atoms with Gasteiger partial charge in [-0.15, -0.1) is 0 Å². The molecule has 0 aliphatic heterocycles. The van der Waals surface area contributed by atoms with Gasteiger partial charge in [-0.2, -0.15) is 0 Å². The minimum Gasteiger partial charge on any atom is -0.550 e. The van der Waals surface area contributed by atoms with E-state index in [0.29, 0.717) is 12.1 Å². The zero-order chi connectivity index (χ0) is 17.6. The van der Waals surface area contributed by atoms with E-state index in [0.717, 1.165) is 17.1 Å². The van der Waals surface area contributed by atoms with Gasteiger partial charge in [0.15, 0.2) is 0 Å². The highest BCUT2D eigenvalue weighted by Crippen LogP contribution is 2.48. The van der Waals surface area contributed by atoms with E-state index in [1.165, 1.54) is 0 Å². The van der Waals surface area contributed by atoms with Crippen molar-refractivity contribution in [3.63, 3.8) is 0 Å². The molecule has 5 heteroatoms. The summed E-state index contributed by atoms with van der Waals surface area (Å²) in [5, 5.41) is 14.3. The van der Waals surface area contributed by atoms with Crippen molar-refractivity contribution in [2.75, 3.05) is 5.32 Å². The molecule has 1 fully saturated rings. The number of hydrogen-bond donors (Lipinski definition) is 1. The normalized spacial score (nSPS) is 26.8. The van der Waals surface area contributed by atoms with Crippen LogP contribution in [-0.4, -0.2) is 11.9 Å².